The monoisotopic (exact) mass is 325 g/mol. The van der Waals surface area contributed by atoms with E-state index in [1.54, 1.807) is 13.2 Å². The topological polar surface area (TPSA) is 60.2 Å². The predicted octanol–water partition coefficient (Wildman–Crippen LogP) is 4.01. The summed E-state index contributed by atoms with van der Waals surface area (Å²) in [6.07, 6.45) is 6.93. The normalized spacial score (nSPS) is 15.4. The van der Waals surface area contributed by atoms with Crippen molar-refractivity contribution in [3.8, 4) is 17.0 Å². The van der Waals surface area contributed by atoms with Crippen LogP contribution in [0.15, 0.2) is 36.4 Å². The second-order valence-electron chi connectivity index (χ2n) is 6.62. The first-order chi connectivity index (χ1) is 11.8. The summed E-state index contributed by atoms with van der Waals surface area (Å²) in [5.41, 5.74) is 8.84. The second kappa shape index (κ2) is 8.15. The summed E-state index contributed by atoms with van der Waals surface area (Å²) < 4.78 is 5.57. The molecule has 2 aromatic rings. The van der Waals surface area contributed by atoms with E-state index in [4.69, 9.17) is 10.5 Å². The quantitative estimate of drug-likeness (QED) is 0.842. The molecular weight excluding hydrogens is 298 g/mol. The summed E-state index contributed by atoms with van der Waals surface area (Å²) in [4.78, 5) is 4.39. The maximum atomic E-state index is 5.79. The number of benzene rings is 1. The standard InChI is InChI=1S/C20H27N3O/c1-24-19-12-16(14-22-13-15-6-3-2-4-7-15)10-11-17(19)18-8-5-9-20(21)23-18/h5,8-12,15,22H,2-4,6-7,13-14H2,1H3,(H2,21,23). The van der Waals surface area contributed by atoms with Gasteiger partial charge in [-0.3, -0.25) is 0 Å². The average molecular weight is 325 g/mol. The molecule has 0 atom stereocenters. The fourth-order valence-electron chi connectivity index (χ4n) is 3.47. The van der Waals surface area contributed by atoms with Gasteiger partial charge in [0.15, 0.2) is 0 Å². The highest BCUT2D eigenvalue weighted by molar-refractivity contribution is 5.68. The number of aromatic nitrogens is 1. The molecule has 0 aliphatic heterocycles. The largest absolute Gasteiger partial charge is 0.496 e. The van der Waals surface area contributed by atoms with E-state index in [1.807, 2.05) is 12.1 Å². The molecule has 1 fully saturated rings. The molecule has 1 aliphatic carbocycles. The van der Waals surface area contributed by atoms with Gasteiger partial charge >= 0.3 is 0 Å². The van der Waals surface area contributed by atoms with Crippen molar-refractivity contribution in [3.05, 3.63) is 42.0 Å². The van der Waals surface area contributed by atoms with Crippen molar-refractivity contribution < 1.29 is 4.74 Å². The molecule has 0 radical (unpaired) electrons. The van der Waals surface area contributed by atoms with Crippen LogP contribution >= 0.6 is 0 Å². The molecule has 1 aromatic heterocycles. The van der Waals surface area contributed by atoms with Crippen molar-refractivity contribution in [2.45, 2.75) is 38.6 Å². The number of ether oxygens (including phenoxy) is 1. The summed E-state index contributed by atoms with van der Waals surface area (Å²) in [5, 5.41) is 3.60. The Morgan fingerprint density at radius 2 is 2.00 bits per heavy atom. The van der Waals surface area contributed by atoms with Gasteiger partial charge in [0, 0.05) is 12.1 Å². The molecule has 1 aliphatic rings. The van der Waals surface area contributed by atoms with Gasteiger partial charge in [0.05, 0.1) is 12.8 Å². The van der Waals surface area contributed by atoms with Gasteiger partial charge in [0.1, 0.15) is 11.6 Å². The first-order valence-electron chi connectivity index (χ1n) is 8.87. The third kappa shape index (κ3) is 4.26. The second-order valence-corrected chi connectivity index (χ2v) is 6.62. The van der Waals surface area contributed by atoms with Crippen molar-refractivity contribution >= 4 is 5.82 Å². The van der Waals surface area contributed by atoms with Crippen LogP contribution in [0.25, 0.3) is 11.3 Å². The Labute approximate surface area is 144 Å². The fourth-order valence-corrected chi connectivity index (χ4v) is 3.47. The van der Waals surface area contributed by atoms with Crippen LogP contribution in [0.4, 0.5) is 5.82 Å². The van der Waals surface area contributed by atoms with E-state index < -0.39 is 0 Å². The summed E-state index contributed by atoms with van der Waals surface area (Å²) in [7, 11) is 1.70. The fraction of sp³-hybridized carbons (Fsp3) is 0.450. The van der Waals surface area contributed by atoms with Gasteiger partial charge < -0.3 is 15.8 Å². The lowest BCUT2D eigenvalue weighted by Gasteiger charge is -2.22. The van der Waals surface area contributed by atoms with Crippen LogP contribution in [0.1, 0.15) is 37.7 Å². The van der Waals surface area contributed by atoms with E-state index in [2.05, 4.69) is 28.5 Å². The molecule has 0 bridgehead atoms. The van der Waals surface area contributed by atoms with Crippen molar-refractivity contribution in [3.63, 3.8) is 0 Å². The van der Waals surface area contributed by atoms with Crippen LogP contribution in [-0.4, -0.2) is 18.6 Å². The van der Waals surface area contributed by atoms with Crippen molar-refractivity contribution in [2.24, 2.45) is 5.92 Å². The number of methoxy groups -OCH3 is 1. The number of rotatable bonds is 6. The van der Waals surface area contributed by atoms with Crippen molar-refractivity contribution in [2.75, 3.05) is 19.4 Å². The predicted molar refractivity (Wildman–Crippen MR) is 98.9 cm³/mol. The molecule has 1 saturated carbocycles. The lowest BCUT2D eigenvalue weighted by molar-refractivity contribution is 0.342. The summed E-state index contributed by atoms with van der Waals surface area (Å²) in [6.45, 7) is 1.98. The zero-order valence-electron chi connectivity index (χ0n) is 14.4. The summed E-state index contributed by atoms with van der Waals surface area (Å²) >= 11 is 0. The lowest BCUT2D eigenvalue weighted by atomic mass is 9.89. The van der Waals surface area contributed by atoms with Gasteiger partial charge in [-0.1, -0.05) is 31.4 Å². The minimum Gasteiger partial charge on any atom is -0.496 e. The minimum atomic E-state index is 0.521. The van der Waals surface area contributed by atoms with Crippen molar-refractivity contribution in [1.29, 1.82) is 0 Å². The number of pyridine rings is 1. The average Bonchev–Trinajstić information content (AvgIpc) is 2.62. The first kappa shape index (κ1) is 16.8. The number of nitrogen functional groups attached to an aromatic ring is 1. The van der Waals surface area contributed by atoms with Crippen LogP contribution in [-0.2, 0) is 6.54 Å². The minimum absolute atomic E-state index is 0.521. The van der Waals surface area contributed by atoms with Crippen LogP contribution in [0.5, 0.6) is 5.75 Å². The number of nitrogens with one attached hydrogen (secondary N) is 1. The Balaban J connectivity index is 1.65. The molecule has 0 unspecified atom stereocenters. The number of anilines is 1. The molecule has 0 saturated heterocycles. The molecule has 3 N–H and O–H groups in total. The molecule has 3 rings (SSSR count). The molecule has 1 heterocycles. The zero-order chi connectivity index (χ0) is 16.8. The van der Waals surface area contributed by atoms with E-state index in [1.165, 1.54) is 37.7 Å². The zero-order valence-corrected chi connectivity index (χ0v) is 14.4. The molecule has 4 heteroatoms. The van der Waals surface area contributed by atoms with Crippen LogP contribution < -0.4 is 15.8 Å². The SMILES string of the molecule is COc1cc(CNCC2CCCCC2)ccc1-c1cccc(N)n1. The lowest BCUT2D eigenvalue weighted by Crippen LogP contribution is -2.24. The van der Waals surface area contributed by atoms with Gasteiger partial charge in [-0.25, -0.2) is 4.98 Å². The number of hydrogen-bond acceptors (Lipinski definition) is 4. The van der Waals surface area contributed by atoms with Gasteiger partial charge in [0.25, 0.3) is 0 Å². The first-order valence-corrected chi connectivity index (χ1v) is 8.87. The Hall–Kier alpha value is -2.07. The molecule has 128 valence electrons. The Morgan fingerprint density at radius 1 is 1.17 bits per heavy atom. The highest BCUT2D eigenvalue weighted by Crippen LogP contribution is 2.30. The van der Waals surface area contributed by atoms with E-state index in [-0.39, 0.29) is 0 Å². The van der Waals surface area contributed by atoms with Crippen LogP contribution in [0.2, 0.25) is 0 Å². The Morgan fingerprint density at radius 3 is 2.75 bits per heavy atom. The summed E-state index contributed by atoms with van der Waals surface area (Å²) in [5.74, 6) is 2.20. The smallest absolute Gasteiger partial charge is 0.128 e. The highest BCUT2D eigenvalue weighted by Gasteiger charge is 2.13. The Bertz CT molecular complexity index is 666. The van der Waals surface area contributed by atoms with E-state index in [0.29, 0.717) is 5.82 Å². The molecule has 0 spiro atoms. The number of hydrogen-bond donors (Lipinski definition) is 2. The third-order valence-corrected chi connectivity index (χ3v) is 4.80. The number of nitrogens with zero attached hydrogens (tertiary/aromatic N) is 1. The van der Waals surface area contributed by atoms with E-state index in [0.717, 1.165) is 36.0 Å². The number of nitrogens with two attached hydrogens (primary N) is 1. The van der Waals surface area contributed by atoms with Gasteiger partial charge in [-0.2, -0.15) is 0 Å². The van der Waals surface area contributed by atoms with E-state index >= 15 is 0 Å². The maximum absolute atomic E-state index is 5.79. The highest BCUT2D eigenvalue weighted by atomic mass is 16.5. The van der Waals surface area contributed by atoms with Gasteiger partial charge in [-0.05, 0) is 55.1 Å². The van der Waals surface area contributed by atoms with Crippen LogP contribution in [0.3, 0.4) is 0 Å². The van der Waals surface area contributed by atoms with Crippen molar-refractivity contribution in [1.82, 2.24) is 10.3 Å². The van der Waals surface area contributed by atoms with Crippen LogP contribution in [0, 0.1) is 5.92 Å². The molecule has 24 heavy (non-hydrogen) atoms. The van der Waals surface area contributed by atoms with Gasteiger partial charge in [-0.15, -0.1) is 0 Å². The Kier molecular flexibility index (Phi) is 5.70. The maximum Gasteiger partial charge on any atom is 0.128 e. The molecule has 4 nitrogen and oxygen atoms in total. The molecule has 0 amide bonds. The summed E-state index contributed by atoms with van der Waals surface area (Å²) in [6, 6.07) is 12.0. The van der Waals surface area contributed by atoms with E-state index in [9.17, 15) is 0 Å². The molecular formula is C20H27N3O. The molecule has 1 aromatic carbocycles. The third-order valence-electron chi connectivity index (χ3n) is 4.80. The van der Waals surface area contributed by atoms with Gasteiger partial charge in [0.2, 0.25) is 0 Å².